The first kappa shape index (κ1) is 23.6. The molecule has 2 aromatic carbocycles. The highest BCUT2D eigenvalue weighted by atomic mass is 16.3. The van der Waals surface area contributed by atoms with E-state index in [2.05, 4.69) is 52.2 Å². The van der Waals surface area contributed by atoms with Gasteiger partial charge in [0.15, 0.2) is 0 Å². The van der Waals surface area contributed by atoms with Crippen LogP contribution in [0.5, 0.6) is 0 Å². The Morgan fingerprint density at radius 2 is 1.44 bits per heavy atom. The van der Waals surface area contributed by atoms with Gasteiger partial charge in [-0.15, -0.1) is 0 Å². The molecule has 0 radical (unpaired) electrons. The number of anilines is 4. The fourth-order valence-corrected chi connectivity index (χ4v) is 4.06. The number of benzene rings is 2. The van der Waals surface area contributed by atoms with Gasteiger partial charge >= 0.3 is 0 Å². The van der Waals surface area contributed by atoms with Crippen molar-refractivity contribution in [3.8, 4) is 0 Å². The van der Waals surface area contributed by atoms with E-state index in [4.69, 9.17) is 5.11 Å². The number of piperazine rings is 1. The average Bonchev–Trinajstić information content (AvgIpc) is 2.94. The van der Waals surface area contributed by atoms with Gasteiger partial charge in [0.2, 0.25) is 17.8 Å². The van der Waals surface area contributed by atoms with E-state index in [-0.39, 0.29) is 6.61 Å². The number of aliphatic hydroxyl groups excluding tert-OH is 2. The Bertz CT molecular complexity index is 1250. The second-order valence-electron chi connectivity index (χ2n) is 8.58. The molecule has 184 valence electrons. The molecule has 0 amide bonds. The number of nitrogens with one attached hydrogen (secondary N) is 1. The molecule has 4 aromatic rings. The summed E-state index contributed by atoms with van der Waals surface area (Å²) in [5.74, 6) is 1.79. The Morgan fingerprint density at radius 1 is 0.778 bits per heavy atom. The van der Waals surface area contributed by atoms with Gasteiger partial charge in [0.05, 0.1) is 6.61 Å². The second-order valence-corrected chi connectivity index (χ2v) is 8.58. The highest BCUT2D eigenvalue weighted by molar-refractivity contribution is 5.54. The third-order valence-corrected chi connectivity index (χ3v) is 6.07. The van der Waals surface area contributed by atoms with E-state index in [1.165, 1.54) is 11.9 Å². The van der Waals surface area contributed by atoms with Crippen LogP contribution in [0, 0.1) is 0 Å². The van der Waals surface area contributed by atoms with Gasteiger partial charge in [0, 0.05) is 50.7 Å². The maximum absolute atomic E-state index is 9.73. The van der Waals surface area contributed by atoms with E-state index in [1.807, 2.05) is 42.7 Å². The molecule has 10 heteroatoms. The Morgan fingerprint density at radius 3 is 2.11 bits per heavy atom. The van der Waals surface area contributed by atoms with E-state index in [0.717, 1.165) is 49.8 Å². The number of aliphatic hydroxyl groups is 2. The summed E-state index contributed by atoms with van der Waals surface area (Å²) in [7, 11) is 0. The fourth-order valence-electron chi connectivity index (χ4n) is 4.06. The van der Waals surface area contributed by atoms with Crippen LogP contribution in [-0.4, -0.2) is 67.9 Å². The molecular weight excluding hydrogens is 456 g/mol. The van der Waals surface area contributed by atoms with Crippen molar-refractivity contribution in [3.05, 3.63) is 90.0 Å². The van der Waals surface area contributed by atoms with Gasteiger partial charge in [0.25, 0.3) is 0 Å². The largest absolute Gasteiger partial charge is 0.393 e. The summed E-state index contributed by atoms with van der Waals surface area (Å²) in [5.41, 5.74) is 3.75. The Labute approximate surface area is 209 Å². The summed E-state index contributed by atoms with van der Waals surface area (Å²) in [5, 5.41) is 22.0. The zero-order valence-corrected chi connectivity index (χ0v) is 19.8. The smallest absolute Gasteiger partial charge is 0.231 e. The topological polar surface area (TPSA) is 123 Å². The molecule has 1 saturated heterocycles. The molecule has 5 rings (SSSR count). The Balaban J connectivity index is 1.17. The van der Waals surface area contributed by atoms with Crippen LogP contribution in [0.15, 0.2) is 73.3 Å². The van der Waals surface area contributed by atoms with E-state index in [1.54, 1.807) is 12.1 Å². The van der Waals surface area contributed by atoms with Gasteiger partial charge in [-0.2, -0.15) is 4.98 Å². The van der Waals surface area contributed by atoms with E-state index in [0.29, 0.717) is 17.5 Å². The molecule has 1 fully saturated rings. The van der Waals surface area contributed by atoms with Crippen LogP contribution in [0.25, 0.3) is 0 Å². The van der Waals surface area contributed by atoms with Crippen molar-refractivity contribution in [3.63, 3.8) is 0 Å². The number of nitrogens with zero attached hydrogens (tertiary/aromatic N) is 7. The van der Waals surface area contributed by atoms with Gasteiger partial charge in [-0.05, 0) is 28.8 Å². The highest BCUT2D eigenvalue weighted by Gasteiger charge is 2.21. The molecule has 1 aliphatic rings. The van der Waals surface area contributed by atoms with Gasteiger partial charge in [-0.1, -0.05) is 42.5 Å². The van der Waals surface area contributed by atoms with Crippen LogP contribution in [0.2, 0.25) is 0 Å². The third kappa shape index (κ3) is 5.73. The van der Waals surface area contributed by atoms with E-state index in [9.17, 15) is 5.11 Å². The van der Waals surface area contributed by atoms with Crippen LogP contribution in [0.3, 0.4) is 0 Å². The number of hydrogen-bond acceptors (Lipinski definition) is 10. The lowest BCUT2D eigenvalue weighted by Gasteiger charge is -2.34. The lowest BCUT2D eigenvalue weighted by atomic mass is 10.1. The maximum atomic E-state index is 9.73. The van der Waals surface area contributed by atoms with Crippen molar-refractivity contribution < 1.29 is 10.2 Å². The van der Waals surface area contributed by atoms with Crippen LogP contribution in [0.1, 0.15) is 22.8 Å². The zero-order valence-electron chi connectivity index (χ0n) is 19.8. The van der Waals surface area contributed by atoms with Gasteiger partial charge in [-0.3, -0.25) is 0 Å². The number of hydrogen-bond donors (Lipinski definition) is 3. The SMILES string of the molecule is OCC(O)c1ccc(Nc2ncnc(N3CCN(c4ncc(Cc5ccccc5)cn4)CC3)n2)cc1. The molecular formula is C26H28N8O2. The first-order valence-electron chi connectivity index (χ1n) is 11.9. The first-order chi connectivity index (χ1) is 17.7. The monoisotopic (exact) mass is 484 g/mol. The van der Waals surface area contributed by atoms with Crippen LogP contribution < -0.4 is 15.1 Å². The molecule has 0 saturated carbocycles. The molecule has 1 atom stereocenters. The van der Waals surface area contributed by atoms with Crippen molar-refractivity contribution in [1.82, 2.24) is 24.9 Å². The number of aromatic nitrogens is 5. The summed E-state index contributed by atoms with van der Waals surface area (Å²) in [4.78, 5) is 26.6. The summed E-state index contributed by atoms with van der Waals surface area (Å²) in [6.45, 7) is 2.70. The van der Waals surface area contributed by atoms with Crippen LogP contribution in [-0.2, 0) is 6.42 Å². The molecule has 3 N–H and O–H groups in total. The summed E-state index contributed by atoms with van der Waals surface area (Å²) in [6.07, 6.45) is 5.24. The average molecular weight is 485 g/mol. The third-order valence-electron chi connectivity index (χ3n) is 6.07. The van der Waals surface area contributed by atoms with E-state index >= 15 is 0 Å². The van der Waals surface area contributed by atoms with Crippen molar-refractivity contribution in [1.29, 1.82) is 0 Å². The van der Waals surface area contributed by atoms with Crippen molar-refractivity contribution in [2.75, 3.05) is 47.9 Å². The molecule has 1 unspecified atom stereocenters. The standard InChI is InChI=1S/C26H28N8O2/c35-17-23(36)21-6-8-22(9-7-21)31-24-29-18-30-26(32-24)34-12-10-33(11-13-34)25-27-15-20(16-28-25)14-19-4-2-1-3-5-19/h1-9,15-16,18,23,35-36H,10-14,17H2,(H,29,30,31,32). The summed E-state index contributed by atoms with van der Waals surface area (Å²) < 4.78 is 0. The fraction of sp³-hybridized carbons (Fsp3) is 0.269. The second kappa shape index (κ2) is 11.1. The molecule has 2 aromatic heterocycles. The van der Waals surface area contributed by atoms with E-state index < -0.39 is 6.10 Å². The molecule has 10 nitrogen and oxygen atoms in total. The van der Waals surface area contributed by atoms with Crippen molar-refractivity contribution in [2.45, 2.75) is 12.5 Å². The first-order valence-corrected chi connectivity index (χ1v) is 11.9. The zero-order chi connectivity index (χ0) is 24.7. The summed E-state index contributed by atoms with van der Waals surface area (Å²) in [6, 6.07) is 17.4. The summed E-state index contributed by atoms with van der Waals surface area (Å²) >= 11 is 0. The quantitative estimate of drug-likeness (QED) is 0.343. The van der Waals surface area contributed by atoms with Gasteiger partial charge in [0.1, 0.15) is 12.4 Å². The predicted octanol–water partition coefficient (Wildman–Crippen LogP) is 2.35. The lowest BCUT2D eigenvalue weighted by Crippen LogP contribution is -2.47. The molecule has 0 aliphatic carbocycles. The van der Waals surface area contributed by atoms with Crippen LogP contribution >= 0.6 is 0 Å². The minimum atomic E-state index is -0.890. The van der Waals surface area contributed by atoms with Gasteiger partial charge < -0.3 is 25.3 Å². The molecule has 0 spiro atoms. The molecule has 3 heterocycles. The number of rotatable bonds is 8. The van der Waals surface area contributed by atoms with Crippen molar-refractivity contribution in [2.24, 2.45) is 0 Å². The van der Waals surface area contributed by atoms with Gasteiger partial charge in [-0.25, -0.2) is 19.9 Å². The highest BCUT2D eigenvalue weighted by Crippen LogP contribution is 2.20. The Kier molecular flexibility index (Phi) is 7.25. The predicted molar refractivity (Wildman–Crippen MR) is 137 cm³/mol. The molecule has 36 heavy (non-hydrogen) atoms. The lowest BCUT2D eigenvalue weighted by molar-refractivity contribution is 0.0956. The van der Waals surface area contributed by atoms with Crippen LogP contribution in [0.4, 0.5) is 23.5 Å². The normalized spacial score (nSPS) is 14.5. The Hall–Kier alpha value is -4.15. The molecule has 1 aliphatic heterocycles. The molecule has 0 bridgehead atoms. The van der Waals surface area contributed by atoms with Crippen molar-refractivity contribution >= 4 is 23.5 Å². The minimum absolute atomic E-state index is 0.317. The maximum Gasteiger partial charge on any atom is 0.231 e. The minimum Gasteiger partial charge on any atom is -0.393 e.